The monoisotopic (exact) mass is 432 g/mol. The fourth-order valence-corrected chi connectivity index (χ4v) is 5.30. The summed E-state index contributed by atoms with van der Waals surface area (Å²) in [6.07, 6.45) is 4.57. The highest BCUT2D eigenvalue weighted by Crippen LogP contribution is 2.34. The standard InChI is InChI=1S/C25H21ClN2OS/c26-21-11-6-12-22-23(21)27-25(30-22)28(16-17-7-2-1-3-8-17)24(29)20-14-13-18-9-4-5-10-19(18)15-20/h1-3,6-8,11-15H,4-5,9-10,16H2. The van der Waals surface area contributed by atoms with Crippen LogP contribution in [-0.2, 0) is 19.4 Å². The molecule has 0 bridgehead atoms. The van der Waals surface area contributed by atoms with Crippen molar-refractivity contribution in [1.82, 2.24) is 4.98 Å². The number of fused-ring (bicyclic) bond motifs is 2. The summed E-state index contributed by atoms with van der Waals surface area (Å²) in [6.45, 7) is 0.466. The lowest BCUT2D eigenvalue weighted by molar-refractivity contribution is 0.0985. The molecule has 1 aliphatic carbocycles. The van der Waals surface area contributed by atoms with Crippen LogP contribution in [-0.4, -0.2) is 10.9 Å². The van der Waals surface area contributed by atoms with Crippen molar-refractivity contribution in [3.8, 4) is 0 Å². The van der Waals surface area contributed by atoms with Crippen molar-refractivity contribution in [2.24, 2.45) is 0 Å². The van der Waals surface area contributed by atoms with E-state index in [-0.39, 0.29) is 5.91 Å². The summed E-state index contributed by atoms with van der Waals surface area (Å²) in [5.74, 6) is -0.0256. The van der Waals surface area contributed by atoms with Gasteiger partial charge in [0.2, 0.25) is 0 Å². The fraction of sp³-hybridized carbons (Fsp3) is 0.200. The van der Waals surface area contributed by atoms with Crippen LogP contribution in [0.5, 0.6) is 0 Å². The van der Waals surface area contributed by atoms with Gasteiger partial charge in [-0.2, -0.15) is 0 Å². The third-order valence-corrected chi connectivity index (χ3v) is 6.96. The number of benzene rings is 3. The topological polar surface area (TPSA) is 33.2 Å². The van der Waals surface area contributed by atoms with Crippen LogP contribution in [0.4, 0.5) is 5.13 Å². The van der Waals surface area contributed by atoms with Crippen molar-refractivity contribution < 1.29 is 4.79 Å². The molecule has 0 unspecified atom stereocenters. The summed E-state index contributed by atoms with van der Waals surface area (Å²) in [6, 6.07) is 21.9. The van der Waals surface area contributed by atoms with Gasteiger partial charge >= 0.3 is 0 Å². The summed E-state index contributed by atoms with van der Waals surface area (Å²) in [7, 11) is 0. The molecule has 0 radical (unpaired) electrons. The van der Waals surface area contributed by atoms with Crippen LogP contribution in [0, 0.1) is 0 Å². The number of aromatic nitrogens is 1. The molecule has 5 rings (SSSR count). The predicted octanol–water partition coefficient (Wildman–Crippen LogP) is 6.68. The minimum Gasteiger partial charge on any atom is -0.279 e. The van der Waals surface area contributed by atoms with Crippen LogP contribution in [0.3, 0.4) is 0 Å². The Kier molecular flexibility index (Phi) is 5.28. The highest BCUT2D eigenvalue weighted by Gasteiger charge is 2.23. The Morgan fingerprint density at radius 1 is 0.967 bits per heavy atom. The molecule has 3 nitrogen and oxygen atoms in total. The molecule has 150 valence electrons. The number of aryl methyl sites for hydroxylation is 2. The first-order valence-electron chi connectivity index (χ1n) is 10.2. The molecule has 0 spiro atoms. The Balaban J connectivity index is 1.56. The largest absolute Gasteiger partial charge is 0.279 e. The van der Waals surface area contributed by atoms with E-state index in [1.165, 1.54) is 35.3 Å². The van der Waals surface area contributed by atoms with Gasteiger partial charge in [-0.15, -0.1) is 0 Å². The average Bonchev–Trinajstić information content (AvgIpc) is 3.23. The third-order valence-electron chi connectivity index (χ3n) is 5.61. The molecular weight excluding hydrogens is 412 g/mol. The molecule has 0 atom stereocenters. The van der Waals surface area contributed by atoms with E-state index in [4.69, 9.17) is 16.6 Å². The van der Waals surface area contributed by atoms with E-state index in [1.807, 2.05) is 54.6 Å². The maximum Gasteiger partial charge on any atom is 0.260 e. The van der Waals surface area contributed by atoms with Gasteiger partial charge < -0.3 is 0 Å². The number of amides is 1. The summed E-state index contributed by atoms with van der Waals surface area (Å²) in [5.41, 5.74) is 5.21. The average molecular weight is 433 g/mol. The van der Waals surface area contributed by atoms with Crippen LogP contribution in [0.25, 0.3) is 10.2 Å². The maximum atomic E-state index is 13.7. The van der Waals surface area contributed by atoms with Crippen molar-refractivity contribution >= 4 is 44.2 Å². The Bertz CT molecular complexity index is 1220. The summed E-state index contributed by atoms with van der Waals surface area (Å²) in [5, 5.41) is 1.28. The molecule has 1 aliphatic rings. The lowest BCUT2D eigenvalue weighted by atomic mass is 9.90. The van der Waals surface area contributed by atoms with E-state index in [9.17, 15) is 4.79 Å². The smallest absolute Gasteiger partial charge is 0.260 e. The lowest BCUT2D eigenvalue weighted by Gasteiger charge is -2.22. The van der Waals surface area contributed by atoms with Gasteiger partial charge in [-0.1, -0.05) is 65.4 Å². The molecule has 4 aromatic rings. The second-order valence-corrected chi connectivity index (χ2v) is 9.07. The minimum atomic E-state index is -0.0256. The van der Waals surface area contributed by atoms with Gasteiger partial charge in [0.15, 0.2) is 5.13 Å². The maximum absolute atomic E-state index is 13.7. The Labute approximate surface area is 184 Å². The molecule has 0 aliphatic heterocycles. The molecule has 1 heterocycles. The molecule has 1 amide bonds. The summed E-state index contributed by atoms with van der Waals surface area (Å²) >= 11 is 7.85. The minimum absolute atomic E-state index is 0.0256. The SMILES string of the molecule is O=C(c1ccc2c(c1)CCCC2)N(Cc1ccccc1)c1nc2c(Cl)cccc2s1. The second-order valence-electron chi connectivity index (χ2n) is 7.65. The Hall–Kier alpha value is -2.69. The molecule has 0 saturated heterocycles. The molecule has 0 saturated carbocycles. The molecule has 0 fully saturated rings. The quantitative estimate of drug-likeness (QED) is 0.360. The fourth-order valence-electron chi connectivity index (χ4n) is 4.03. The van der Waals surface area contributed by atoms with Crippen LogP contribution in [0.15, 0.2) is 66.7 Å². The number of nitrogens with zero attached hydrogens (tertiary/aromatic N) is 2. The predicted molar refractivity (Wildman–Crippen MR) is 125 cm³/mol. The van der Waals surface area contributed by atoms with Crippen LogP contribution >= 0.6 is 22.9 Å². The van der Waals surface area contributed by atoms with Gasteiger partial charge in [-0.25, -0.2) is 4.98 Å². The number of anilines is 1. The summed E-state index contributed by atoms with van der Waals surface area (Å²) in [4.78, 5) is 20.2. The third kappa shape index (κ3) is 3.73. The zero-order valence-electron chi connectivity index (χ0n) is 16.5. The van der Waals surface area contributed by atoms with Crippen LogP contribution in [0.1, 0.15) is 39.9 Å². The molecule has 30 heavy (non-hydrogen) atoms. The highest BCUT2D eigenvalue weighted by atomic mass is 35.5. The lowest BCUT2D eigenvalue weighted by Crippen LogP contribution is -2.30. The summed E-state index contributed by atoms with van der Waals surface area (Å²) < 4.78 is 0.980. The number of halogens is 1. The van der Waals surface area contributed by atoms with Crippen molar-refractivity contribution in [1.29, 1.82) is 0 Å². The van der Waals surface area contributed by atoms with E-state index >= 15 is 0 Å². The van der Waals surface area contributed by atoms with E-state index < -0.39 is 0 Å². The van der Waals surface area contributed by atoms with E-state index in [2.05, 4.69) is 12.1 Å². The zero-order chi connectivity index (χ0) is 20.5. The van der Waals surface area contributed by atoms with Crippen LogP contribution < -0.4 is 4.90 Å². The number of carbonyl (C=O) groups excluding carboxylic acids is 1. The first kappa shape index (κ1) is 19.3. The number of para-hydroxylation sites is 1. The molecular formula is C25H21ClN2OS. The van der Waals surface area contributed by atoms with Gasteiger partial charge in [0.05, 0.1) is 16.3 Å². The van der Waals surface area contributed by atoms with Gasteiger partial charge in [-0.05, 0) is 66.6 Å². The Morgan fingerprint density at radius 3 is 2.57 bits per heavy atom. The van der Waals surface area contributed by atoms with Gasteiger partial charge in [0.25, 0.3) is 5.91 Å². The molecule has 5 heteroatoms. The number of thiazole rings is 1. The first-order chi connectivity index (χ1) is 14.7. The normalized spacial score (nSPS) is 13.2. The van der Waals surface area contributed by atoms with Gasteiger partial charge in [-0.3, -0.25) is 9.69 Å². The van der Waals surface area contributed by atoms with Gasteiger partial charge in [0, 0.05) is 5.56 Å². The van der Waals surface area contributed by atoms with Gasteiger partial charge in [0.1, 0.15) is 5.52 Å². The number of carbonyl (C=O) groups is 1. The number of hydrogen-bond donors (Lipinski definition) is 0. The number of hydrogen-bond acceptors (Lipinski definition) is 3. The van der Waals surface area contributed by atoms with E-state index in [0.29, 0.717) is 16.7 Å². The van der Waals surface area contributed by atoms with Crippen LogP contribution in [0.2, 0.25) is 5.02 Å². The molecule has 3 aromatic carbocycles. The van der Waals surface area contributed by atoms with Crippen molar-refractivity contribution in [2.45, 2.75) is 32.2 Å². The highest BCUT2D eigenvalue weighted by molar-refractivity contribution is 7.22. The number of rotatable bonds is 4. The van der Waals surface area contributed by atoms with Crippen molar-refractivity contribution in [3.63, 3.8) is 0 Å². The van der Waals surface area contributed by atoms with E-state index in [0.717, 1.165) is 34.2 Å². The van der Waals surface area contributed by atoms with Crippen molar-refractivity contribution in [3.05, 3.63) is 94.0 Å². The first-order valence-corrected chi connectivity index (χ1v) is 11.4. The Morgan fingerprint density at radius 2 is 1.77 bits per heavy atom. The van der Waals surface area contributed by atoms with Crippen molar-refractivity contribution in [2.75, 3.05) is 4.90 Å². The second kappa shape index (κ2) is 8.21. The zero-order valence-corrected chi connectivity index (χ0v) is 18.0. The molecule has 0 N–H and O–H groups in total. The molecule has 1 aromatic heterocycles. The van der Waals surface area contributed by atoms with E-state index in [1.54, 1.807) is 4.90 Å².